The van der Waals surface area contributed by atoms with Gasteiger partial charge in [-0.3, -0.25) is 9.69 Å². The smallest absolute Gasteiger partial charge is 0.238 e. The lowest BCUT2D eigenvalue weighted by molar-refractivity contribution is -0.131. The molecule has 1 aliphatic heterocycles. The quantitative estimate of drug-likeness (QED) is 0.905. The predicted molar refractivity (Wildman–Crippen MR) is 75.4 cm³/mol. The number of benzene rings is 1. The van der Waals surface area contributed by atoms with Gasteiger partial charge in [0, 0.05) is 12.6 Å². The number of nitrogens with two attached hydrogens (primary N) is 1. The first-order chi connectivity index (χ1) is 9.16. The minimum absolute atomic E-state index is 0.115. The summed E-state index contributed by atoms with van der Waals surface area (Å²) >= 11 is 0. The highest BCUT2D eigenvalue weighted by Crippen LogP contribution is 2.50. The van der Waals surface area contributed by atoms with Crippen LogP contribution in [-0.4, -0.2) is 22.9 Å². The van der Waals surface area contributed by atoms with Crippen LogP contribution in [0.15, 0.2) is 30.3 Å². The summed E-state index contributed by atoms with van der Waals surface area (Å²) < 4.78 is 0. The molecule has 0 aromatic heterocycles. The Kier molecular flexibility index (Phi) is 3.09. The first-order valence-corrected chi connectivity index (χ1v) is 7.28. The number of primary amides is 1. The van der Waals surface area contributed by atoms with Crippen molar-refractivity contribution in [3.63, 3.8) is 0 Å². The molecule has 2 N–H and O–H groups in total. The van der Waals surface area contributed by atoms with E-state index in [1.165, 1.54) is 5.56 Å². The van der Waals surface area contributed by atoms with Gasteiger partial charge in [0.1, 0.15) is 5.54 Å². The molecule has 0 unspecified atom stereocenters. The van der Waals surface area contributed by atoms with Crippen LogP contribution in [0.2, 0.25) is 0 Å². The summed E-state index contributed by atoms with van der Waals surface area (Å²) in [6.45, 7) is 3.18. The van der Waals surface area contributed by atoms with E-state index in [0.29, 0.717) is 5.92 Å². The van der Waals surface area contributed by atoms with Gasteiger partial charge in [0.15, 0.2) is 0 Å². The van der Waals surface area contributed by atoms with Gasteiger partial charge in [-0.1, -0.05) is 36.8 Å². The number of fused-ring (bicyclic) bond motifs is 1. The molecule has 0 spiro atoms. The average Bonchev–Trinajstić information content (AvgIpc) is 2.98. The number of carbonyl (C=O) groups is 1. The second-order valence-electron chi connectivity index (χ2n) is 5.95. The SMILES string of the molecule is C[C@@H](c1ccccc1)N1CC[C@@H]2CCC[C@@]21C(N)=O. The molecule has 3 rings (SSSR count). The molecule has 3 heteroatoms. The van der Waals surface area contributed by atoms with E-state index in [1.54, 1.807) is 0 Å². The topological polar surface area (TPSA) is 46.3 Å². The van der Waals surface area contributed by atoms with Crippen molar-refractivity contribution in [2.75, 3.05) is 6.54 Å². The van der Waals surface area contributed by atoms with E-state index in [-0.39, 0.29) is 17.5 Å². The molecule has 0 bridgehead atoms. The highest BCUT2D eigenvalue weighted by molar-refractivity contribution is 5.86. The molecule has 1 saturated carbocycles. The third kappa shape index (κ3) is 1.79. The van der Waals surface area contributed by atoms with Crippen LogP contribution in [0, 0.1) is 5.92 Å². The van der Waals surface area contributed by atoms with E-state index in [2.05, 4.69) is 36.1 Å². The normalized spacial score (nSPS) is 32.2. The number of nitrogens with zero attached hydrogens (tertiary/aromatic N) is 1. The summed E-state index contributed by atoms with van der Waals surface area (Å²) in [5, 5.41) is 0. The fourth-order valence-electron chi connectivity index (χ4n) is 4.23. The van der Waals surface area contributed by atoms with Gasteiger partial charge in [-0.15, -0.1) is 0 Å². The molecular formula is C16H22N2O. The van der Waals surface area contributed by atoms with Crippen molar-refractivity contribution in [1.29, 1.82) is 0 Å². The molecule has 1 saturated heterocycles. The first kappa shape index (κ1) is 12.7. The summed E-state index contributed by atoms with van der Waals surface area (Å²) in [5.41, 5.74) is 6.69. The van der Waals surface area contributed by atoms with Crippen LogP contribution in [0.5, 0.6) is 0 Å². The lowest BCUT2D eigenvalue weighted by Gasteiger charge is -2.40. The van der Waals surface area contributed by atoms with Crippen LogP contribution in [0.25, 0.3) is 0 Å². The van der Waals surface area contributed by atoms with E-state index in [9.17, 15) is 4.79 Å². The van der Waals surface area contributed by atoms with Crippen molar-refractivity contribution in [1.82, 2.24) is 4.90 Å². The molecule has 1 heterocycles. The minimum atomic E-state index is -0.380. The summed E-state index contributed by atoms with van der Waals surface area (Å²) in [6.07, 6.45) is 4.33. The van der Waals surface area contributed by atoms with Crippen LogP contribution < -0.4 is 5.73 Å². The van der Waals surface area contributed by atoms with E-state index >= 15 is 0 Å². The molecule has 0 radical (unpaired) electrons. The Morgan fingerprint density at radius 1 is 1.37 bits per heavy atom. The Bertz CT molecular complexity index is 473. The molecule has 3 atom stereocenters. The molecular weight excluding hydrogens is 236 g/mol. The highest BCUT2D eigenvalue weighted by Gasteiger charge is 2.56. The number of amides is 1. The van der Waals surface area contributed by atoms with Crippen LogP contribution in [0.3, 0.4) is 0 Å². The Balaban J connectivity index is 1.94. The molecule has 1 aliphatic carbocycles. The lowest BCUT2D eigenvalue weighted by Crippen LogP contribution is -2.55. The van der Waals surface area contributed by atoms with Crippen molar-refractivity contribution in [2.45, 2.75) is 44.2 Å². The minimum Gasteiger partial charge on any atom is -0.368 e. The van der Waals surface area contributed by atoms with Crippen LogP contribution >= 0.6 is 0 Å². The van der Waals surface area contributed by atoms with E-state index in [0.717, 1.165) is 32.2 Å². The van der Waals surface area contributed by atoms with Crippen molar-refractivity contribution in [3.8, 4) is 0 Å². The number of rotatable bonds is 3. The van der Waals surface area contributed by atoms with Gasteiger partial charge in [0.25, 0.3) is 0 Å². The Morgan fingerprint density at radius 3 is 2.79 bits per heavy atom. The highest BCUT2D eigenvalue weighted by atomic mass is 16.1. The zero-order valence-electron chi connectivity index (χ0n) is 11.5. The summed E-state index contributed by atoms with van der Waals surface area (Å²) in [4.78, 5) is 14.5. The Morgan fingerprint density at radius 2 is 2.11 bits per heavy atom. The van der Waals surface area contributed by atoms with Crippen LogP contribution in [0.4, 0.5) is 0 Å². The average molecular weight is 258 g/mol. The number of hydrogen-bond donors (Lipinski definition) is 1. The summed E-state index contributed by atoms with van der Waals surface area (Å²) in [5.74, 6) is 0.353. The molecule has 2 aliphatic rings. The van der Waals surface area contributed by atoms with E-state index < -0.39 is 0 Å². The first-order valence-electron chi connectivity index (χ1n) is 7.28. The standard InChI is InChI=1S/C16H22N2O/c1-12(13-6-3-2-4-7-13)18-11-9-14-8-5-10-16(14,18)15(17)19/h2-4,6-7,12,14H,5,8-11H2,1H3,(H2,17,19)/t12-,14-,16-/m0/s1. The van der Waals surface area contributed by atoms with Crippen molar-refractivity contribution in [2.24, 2.45) is 11.7 Å². The number of hydrogen-bond acceptors (Lipinski definition) is 2. The molecule has 1 aromatic carbocycles. The Hall–Kier alpha value is -1.35. The maximum atomic E-state index is 12.1. The fourth-order valence-corrected chi connectivity index (χ4v) is 4.23. The van der Waals surface area contributed by atoms with Crippen molar-refractivity contribution >= 4 is 5.91 Å². The third-order valence-electron chi connectivity index (χ3n) is 5.19. The van der Waals surface area contributed by atoms with Crippen LogP contribution in [0.1, 0.15) is 44.2 Å². The number of likely N-dealkylation sites (tertiary alicyclic amines) is 1. The second-order valence-corrected chi connectivity index (χ2v) is 5.95. The Labute approximate surface area is 114 Å². The van der Waals surface area contributed by atoms with Crippen molar-refractivity contribution in [3.05, 3.63) is 35.9 Å². The maximum Gasteiger partial charge on any atom is 0.238 e. The molecule has 19 heavy (non-hydrogen) atoms. The van der Waals surface area contributed by atoms with Crippen molar-refractivity contribution < 1.29 is 4.79 Å². The van der Waals surface area contributed by atoms with Gasteiger partial charge in [0.2, 0.25) is 5.91 Å². The van der Waals surface area contributed by atoms with E-state index in [4.69, 9.17) is 5.73 Å². The largest absolute Gasteiger partial charge is 0.368 e. The van der Waals surface area contributed by atoms with Gasteiger partial charge < -0.3 is 5.73 Å². The lowest BCUT2D eigenvalue weighted by atomic mass is 9.86. The molecule has 2 fully saturated rings. The zero-order chi connectivity index (χ0) is 13.5. The van der Waals surface area contributed by atoms with E-state index in [1.807, 2.05) is 6.07 Å². The summed E-state index contributed by atoms with van der Waals surface area (Å²) in [6, 6.07) is 10.7. The maximum absolute atomic E-state index is 12.1. The molecule has 3 nitrogen and oxygen atoms in total. The van der Waals surface area contributed by atoms with Gasteiger partial charge in [-0.05, 0) is 37.7 Å². The van der Waals surface area contributed by atoms with Gasteiger partial charge in [-0.2, -0.15) is 0 Å². The molecule has 1 aromatic rings. The summed E-state index contributed by atoms with van der Waals surface area (Å²) in [7, 11) is 0. The fraction of sp³-hybridized carbons (Fsp3) is 0.562. The van der Waals surface area contributed by atoms with Crippen LogP contribution in [-0.2, 0) is 4.79 Å². The molecule has 1 amide bonds. The third-order valence-corrected chi connectivity index (χ3v) is 5.19. The predicted octanol–water partition coefficient (Wildman–Crippen LogP) is 2.48. The zero-order valence-corrected chi connectivity index (χ0v) is 11.5. The van der Waals surface area contributed by atoms with Gasteiger partial charge in [-0.25, -0.2) is 0 Å². The number of carbonyl (C=O) groups excluding carboxylic acids is 1. The van der Waals surface area contributed by atoms with Gasteiger partial charge >= 0.3 is 0 Å². The molecule has 102 valence electrons. The van der Waals surface area contributed by atoms with Gasteiger partial charge in [0.05, 0.1) is 0 Å². The monoisotopic (exact) mass is 258 g/mol. The second kappa shape index (κ2) is 4.64.